The summed E-state index contributed by atoms with van der Waals surface area (Å²) in [5.41, 5.74) is 7.38. The van der Waals surface area contributed by atoms with Gasteiger partial charge >= 0.3 is 0 Å². The van der Waals surface area contributed by atoms with Crippen LogP contribution in [0.25, 0.3) is 0 Å². The molecule has 0 spiro atoms. The van der Waals surface area contributed by atoms with Gasteiger partial charge in [0.05, 0.1) is 19.3 Å². The zero-order valence-electron chi connectivity index (χ0n) is 8.40. The average molecular weight is 206 g/mol. The van der Waals surface area contributed by atoms with Gasteiger partial charge in [0, 0.05) is 12.1 Å². The van der Waals surface area contributed by atoms with Gasteiger partial charge in [0.2, 0.25) is 5.91 Å². The second kappa shape index (κ2) is 4.31. The van der Waals surface area contributed by atoms with Crippen molar-refractivity contribution in [1.82, 2.24) is 5.32 Å². The standard InChI is InChI=1S/C11H14N2O2/c12-9-3-1-2-8(6-9)10-7-15-5-4-11(14)13-10/h1-3,6,10H,4-5,7,12H2,(H,13,14). The topological polar surface area (TPSA) is 64.3 Å². The number of rotatable bonds is 1. The summed E-state index contributed by atoms with van der Waals surface area (Å²) in [5.74, 6) is 0.0277. The number of nitrogens with two attached hydrogens (primary N) is 1. The van der Waals surface area contributed by atoms with Gasteiger partial charge in [0.25, 0.3) is 0 Å². The van der Waals surface area contributed by atoms with Gasteiger partial charge in [-0.3, -0.25) is 4.79 Å². The van der Waals surface area contributed by atoms with E-state index in [1.165, 1.54) is 0 Å². The molecule has 4 heteroatoms. The molecule has 1 aromatic rings. The van der Waals surface area contributed by atoms with E-state index in [0.29, 0.717) is 25.3 Å². The molecule has 1 atom stereocenters. The van der Waals surface area contributed by atoms with Crippen LogP contribution in [-0.2, 0) is 9.53 Å². The Morgan fingerprint density at radius 3 is 3.13 bits per heavy atom. The Morgan fingerprint density at radius 2 is 2.33 bits per heavy atom. The molecule has 1 aromatic carbocycles. The fourth-order valence-electron chi connectivity index (χ4n) is 1.63. The molecule has 1 heterocycles. The number of amides is 1. The zero-order valence-corrected chi connectivity index (χ0v) is 8.40. The molecule has 1 aliphatic rings. The molecule has 1 saturated heterocycles. The molecule has 0 aliphatic carbocycles. The third-order valence-corrected chi connectivity index (χ3v) is 2.41. The summed E-state index contributed by atoms with van der Waals surface area (Å²) < 4.78 is 5.35. The predicted molar refractivity (Wildman–Crippen MR) is 57.2 cm³/mol. The number of hydrogen-bond acceptors (Lipinski definition) is 3. The van der Waals surface area contributed by atoms with Crippen LogP contribution in [0.3, 0.4) is 0 Å². The number of hydrogen-bond donors (Lipinski definition) is 2. The lowest BCUT2D eigenvalue weighted by atomic mass is 10.1. The SMILES string of the molecule is Nc1cccc(C2COCCC(=O)N2)c1. The van der Waals surface area contributed by atoms with Gasteiger partial charge in [-0.15, -0.1) is 0 Å². The van der Waals surface area contributed by atoms with Gasteiger partial charge in [-0.2, -0.15) is 0 Å². The Labute approximate surface area is 88.4 Å². The maximum Gasteiger partial charge on any atom is 0.222 e. The van der Waals surface area contributed by atoms with Gasteiger partial charge in [-0.1, -0.05) is 12.1 Å². The molecule has 1 fully saturated rings. The van der Waals surface area contributed by atoms with Crippen molar-refractivity contribution in [3.8, 4) is 0 Å². The fourth-order valence-corrected chi connectivity index (χ4v) is 1.63. The summed E-state index contributed by atoms with van der Waals surface area (Å²) in [7, 11) is 0. The highest BCUT2D eigenvalue weighted by Crippen LogP contribution is 2.18. The number of nitrogens with one attached hydrogen (secondary N) is 1. The molecule has 0 aromatic heterocycles. The van der Waals surface area contributed by atoms with Crippen LogP contribution in [0.1, 0.15) is 18.0 Å². The lowest BCUT2D eigenvalue weighted by Gasteiger charge is -2.15. The molecule has 0 radical (unpaired) electrons. The molecule has 0 saturated carbocycles. The highest BCUT2D eigenvalue weighted by atomic mass is 16.5. The van der Waals surface area contributed by atoms with Gasteiger partial charge < -0.3 is 15.8 Å². The first kappa shape index (κ1) is 9.98. The summed E-state index contributed by atoms with van der Waals surface area (Å²) in [6, 6.07) is 7.42. The van der Waals surface area contributed by atoms with E-state index in [0.717, 1.165) is 5.56 Å². The summed E-state index contributed by atoms with van der Waals surface area (Å²) in [6.45, 7) is 1.000. The van der Waals surface area contributed by atoms with Crippen molar-refractivity contribution in [2.75, 3.05) is 18.9 Å². The van der Waals surface area contributed by atoms with Crippen LogP contribution in [-0.4, -0.2) is 19.1 Å². The quantitative estimate of drug-likeness (QED) is 0.669. The minimum Gasteiger partial charge on any atom is -0.399 e. The van der Waals surface area contributed by atoms with Gasteiger partial charge in [-0.05, 0) is 17.7 Å². The van der Waals surface area contributed by atoms with Gasteiger partial charge in [-0.25, -0.2) is 0 Å². The van der Waals surface area contributed by atoms with Crippen LogP contribution in [0.5, 0.6) is 0 Å². The molecule has 1 amide bonds. The first-order valence-electron chi connectivity index (χ1n) is 4.98. The van der Waals surface area contributed by atoms with Crippen LogP contribution in [0.2, 0.25) is 0 Å². The Balaban J connectivity index is 2.18. The van der Waals surface area contributed by atoms with Gasteiger partial charge in [0.15, 0.2) is 0 Å². The van der Waals surface area contributed by atoms with Crippen LogP contribution >= 0.6 is 0 Å². The molecule has 80 valence electrons. The van der Waals surface area contributed by atoms with Crippen LogP contribution < -0.4 is 11.1 Å². The number of ether oxygens (including phenoxy) is 1. The third kappa shape index (κ3) is 2.47. The molecule has 3 N–H and O–H groups in total. The number of carbonyl (C=O) groups is 1. The van der Waals surface area contributed by atoms with Crippen molar-refractivity contribution < 1.29 is 9.53 Å². The van der Waals surface area contributed by atoms with E-state index < -0.39 is 0 Å². The van der Waals surface area contributed by atoms with E-state index in [2.05, 4.69) is 5.32 Å². The lowest BCUT2D eigenvalue weighted by Crippen LogP contribution is -2.28. The molecule has 1 aliphatic heterocycles. The van der Waals surface area contributed by atoms with Crippen molar-refractivity contribution >= 4 is 11.6 Å². The minimum atomic E-state index is -0.0801. The van der Waals surface area contributed by atoms with Crippen molar-refractivity contribution in [2.24, 2.45) is 0 Å². The van der Waals surface area contributed by atoms with Gasteiger partial charge in [0.1, 0.15) is 0 Å². The lowest BCUT2D eigenvalue weighted by molar-refractivity contribution is -0.121. The predicted octanol–water partition coefficient (Wildman–Crippen LogP) is 0.846. The second-order valence-corrected chi connectivity index (χ2v) is 3.62. The smallest absolute Gasteiger partial charge is 0.222 e. The second-order valence-electron chi connectivity index (χ2n) is 3.62. The van der Waals surface area contributed by atoms with Crippen LogP contribution in [0, 0.1) is 0 Å². The van der Waals surface area contributed by atoms with Crippen LogP contribution in [0.4, 0.5) is 5.69 Å². The summed E-state index contributed by atoms with van der Waals surface area (Å²) in [5, 5.41) is 2.90. The van der Waals surface area contributed by atoms with Crippen molar-refractivity contribution in [3.63, 3.8) is 0 Å². The van der Waals surface area contributed by atoms with Crippen molar-refractivity contribution in [3.05, 3.63) is 29.8 Å². The normalized spacial score (nSPS) is 21.9. The molecule has 1 unspecified atom stereocenters. The highest BCUT2D eigenvalue weighted by Gasteiger charge is 2.18. The van der Waals surface area contributed by atoms with E-state index in [1.54, 1.807) is 0 Å². The monoisotopic (exact) mass is 206 g/mol. The average Bonchev–Trinajstić information content (AvgIpc) is 2.43. The summed E-state index contributed by atoms with van der Waals surface area (Å²) >= 11 is 0. The van der Waals surface area contributed by atoms with E-state index in [1.807, 2.05) is 24.3 Å². The van der Waals surface area contributed by atoms with Crippen molar-refractivity contribution in [2.45, 2.75) is 12.5 Å². The zero-order chi connectivity index (χ0) is 10.7. The fraction of sp³-hybridized carbons (Fsp3) is 0.364. The number of benzene rings is 1. The van der Waals surface area contributed by atoms with E-state index in [4.69, 9.17) is 10.5 Å². The molecule has 0 bridgehead atoms. The summed E-state index contributed by atoms with van der Waals surface area (Å²) in [4.78, 5) is 11.3. The molecular formula is C11H14N2O2. The maximum atomic E-state index is 11.3. The Hall–Kier alpha value is -1.55. The molecular weight excluding hydrogens is 192 g/mol. The molecule has 15 heavy (non-hydrogen) atoms. The van der Waals surface area contributed by atoms with Crippen molar-refractivity contribution in [1.29, 1.82) is 0 Å². The molecule has 4 nitrogen and oxygen atoms in total. The van der Waals surface area contributed by atoms with E-state index >= 15 is 0 Å². The Bertz CT molecular complexity index is 365. The minimum absolute atomic E-state index is 0.0277. The van der Waals surface area contributed by atoms with Crippen LogP contribution in [0.15, 0.2) is 24.3 Å². The first-order valence-corrected chi connectivity index (χ1v) is 4.98. The Kier molecular flexibility index (Phi) is 2.87. The largest absolute Gasteiger partial charge is 0.399 e. The number of anilines is 1. The number of nitrogen functional groups attached to an aromatic ring is 1. The number of carbonyl (C=O) groups excluding carboxylic acids is 1. The highest BCUT2D eigenvalue weighted by molar-refractivity contribution is 5.76. The maximum absolute atomic E-state index is 11.3. The van der Waals surface area contributed by atoms with E-state index in [-0.39, 0.29) is 11.9 Å². The molecule has 2 rings (SSSR count). The first-order chi connectivity index (χ1) is 7.25. The van der Waals surface area contributed by atoms with E-state index in [9.17, 15) is 4.79 Å². The third-order valence-electron chi connectivity index (χ3n) is 2.41. The Morgan fingerprint density at radius 1 is 1.47 bits per heavy atom. The summed E-state index contributed by atoms with van der Waals surface area (Å²) in [6.07, 6.45) is 0.429.